The van der Waals surface area contributed by atoms with Crippen LogP contribution in [0.4, 0.5) is 0 Å². The zero-order valence-electron chi connectivity index (χ0n) is 11.3. The molecule has 0 spiro atoms. The molecular formula is C15H15Cl2NO3. The molecule has 0 saturated carbocycles. The second-order valence-electron chi connectivity index (χ2n) is 4.97. The second-order valence-corrected chi connectivity index (χ2v) is 5.78. The number of likely N-dealkylation sites (tertiary alicyclic amines) is 1. The van der Waals surface area contributed by atoms with Gasteiger partial charge < -0.3 is 10.0 Å². The molecule has 4 nitrogen and oxygen atoms in total. The van der Waals surface area contributed by atoms with Crippen molar-refractivity contribution in [1.82, 2.24) is 4.90 Å². The zero-order chi connectivity index (χ0) is 15.4. The van der Waals surface area contributed by atoms with Crippen LogP contribution in [0.2, 0.25) is 10.0 Å². The number of hydrogen-bond acceptors (Lipinski definition) is 2. The van der Waals surface area contributed by atoms with E-state index in [2.05, 4.69) is 0 Å². The molecule has 1 aromatic carbocycles. The number of piperidine rings is 1. The first-order chi connectivity index (χ1) is 9.97. The zero-order valence-corrected chi connectivity index (χ0v) is 12.8. The second kappa shape index (κ2) is 6.96. The Balaban J connectivity index is 2.01. The predicted octanol–water partition coefficient (Wildman–Crippen LogP) is 3.33. The fraction of sp³-hybridized carbons (Fsp3) is 0.333. The van der Waals surface area contributed by atoms with E-state index in [-0.39, 0.29) is 12.5 Å². The summed E-state index contributed by atoms with van der Waals surface area (Å²) in [6.07, 6.45) is 4.41. The van der Waals surface area contributed by atoms with E-state index in [9.17, 15) is 9.59 Å². The molecule has 0 radical (unpaired) electrons. The van der Waals surface area contributed by atoms with E-state index in [0.29, 0.717) is 29.4 Å². The number of benzene rings is 1. The Morgan fingerprint density at radius 1 is 1.29 bits per heavy atom. The van der Waals surface area contributed by atoms with Crippen molar-refractivity contribution in [2.24, 2.45) is 5.92 Å². The van der Waals surface area contributed by atoms with Crippen LogP contribution in [0.3, 0.4) is 0 Å². The Bertz CT molecular complexity index is 586. The van der Waals surface area contributed by atoms with E-state index in [4.69, 9.17) is 28.3 Å². The molecule has 0 unspecified atom stereocenters. The van der Waals surface area contributed by atoms with Crippen molar-refractivity contribution >= 4 is 41.2 Å². The Morgan fingerprint density at radius 3 is 2.71 bits per heavy atom. The van der Waals surface area contributed by atoms with Gasteiger partial charge in [-0.25, -0.2) is 0 Å². The quantitative estimate of drug-likeness (QED) is 0.866. The molecule has 6 heteroatoms. The van der Waals surface area contributed by atoms with E-state index in [1.54, 1.807) is 29.2 Å². The van der Waals surface area contributed by atoms with Gasteiger partial charge in [-0.2, -0.15) is 0 Å². The minimum atomic E-state index is -0.846. The van der Waals surface area contributed by atoms with Gasteiger partial charge in [-0.15, -0.1) is 0 Å². The van der Waals surface area contributed by atoms with Crippen LogP contribution in [0.15, 0.2) is 24.3 Å². The van der Waals surface area contributed by atoms with Crippen LogP contribution in [0, 0.1) is 5.92 Å². The summed E-state index contributed by atoms with van der Waals surface area (Å²) < 4.78 is 0. The lowest BCUT2D eigenvalue weighted by Crippen LogP contribution is -2.41. The van der Waals surface area contributed by atoms with Gasteiger partial charge in [0.1, 0.15) is 0 Å². The lowest BCUT2D eigenvalue weighted by molar-refractivity contribution is -0.144. The van der Waals surface area contributed by atoms with Crippen molar-refractivity contribution in [1.29, 1.82) is 0 Å². The topological polar surface area (TPSA) is 57.6 Å². The van der Waals surface area contributed by atoms with Gasteiger partial charge in [0.25, 0.3) is 0 Å². The summed E-state index contributed by atoms with van der Waals surface area (Å²) in [4.78, 5) is 24.6. The van der Waals surface area contributed by atoms with Crippen molar-refractivity contribution in [2.45, 2.75) is 12.8 Å². The van der Waals surface area contributed by atoms with Gasteiger partial charge in [0.15, 0.2) is 0 Å². The van der Waals surface area contributed by atoms with E-state index in [0.717, 1.165) is 5.56 Å². The summed E-state index contributed by atoms with van der Waals surface area (Å²) in [6.45, 7) is 0.855. The van der Waals surface area contributed by atoms with Gasteiger partial charge in [-0.3, -0.25) is 9.59 Å². The standard InChI is InChI=1S/C15H15Cl2NO3/c16-12-5-3-10(8-13(12)17)4-6-14(19)18-7-1-2-11(9-18)15(20)21/h3-6,8,11H,1-2,7,9H2,(H,20,21)/b6-4+/t11-/m1/s1. The highest BCUT2D eigenvalue weighted by Crippen LogP contribution is 2.23. The van der Waals surface area contributed by atoms with Crippen LogP contribution in [0.25, 0.3) is 6.08 Å². The molecule has 1 saturated heterocycles. The molecule has 21 heavy (non-hydrogen) atoms. The van der Waals surface area contributed by atoms with E-state index in [1.807, 2.05) is 0 Å². The van der Waals surface area contributed by atoms with Crippen molar-refractivity contribution in [2.75, 3.05) is 13.1 Å². The highest BCUT2D eigenvalue weighted by Gasteiger charge is 2.27. The maximum Gasteiger partial charge on any atom is 0.308 e. The molecule has 112 valence electrons. The maximum absolute atomic E-state index is 12.1. The Kier molecular flexibility index (Phi) is 5.26. The summed E-state index contributed by atoms with van der Waals surface area (Å²) in [7, 11) is 0. The van der Waals surface area contributed by atoms with E-state index in [1.165, 1.54) is 6.08 Å². The summed E-state index contributed by atoms with van der Waals surface area (Å²) in [5.74, 6) is -1.51. The number of aliphatic carboxylic acids is 1. The first-order valence-corrected chi connectivity index (χ1v) is 7.38. The monoisotopic (exact) mass is 327 g/mol. The van der Waals surface area contributed by atoms with Crippen LogP contribution in [0.1, 0.15) is 18.4 Å². The van der Waals surface area contributed by atoms with Gasteiger partial charge in [0.2, 0.25) is 5.91 Å². The minimum Gasteiger partial charge on any atom is -0.481 e. The first-order valence-electron chi connectivity index (χ1n) is 6.62. The molecule has 1 aromatic rings. The molecule has 1 aliphatic heterocycles. The number of halogens is 2. The number of carboxylic acid groups (broad SMARTS) is 1. The predicted molar refractivity (Wildman–Crippen MR) is 82.4 cm³/mol. The molecule has 0 aliphatic carbocycles. The summed E-state index contributed by atoms with van der Waals surface area (Å²) >= 11 is 11.7. The summed E-state index contributed by atoms with van der Waals surface area (Å²) in [6, 6.07) is 5.09. The SMILES string of the molecule is O=C(O)[C@@H]1CCCN(C(=O)/C=C/c2ccc(Cl)c(Cl)c2)C1. The largest absolute Gasteiger partial charge is 0.481 e. The Labute approximate surface area is 133 Å². The number of carbonyl (C=O) groups is 2. The molecule has 0 bridgehead atoms. The van der Waals surface area contributed by atoms with Crippen LogP contribution >= 0.6 is 23.2 Å². The van der Waals surface area contributed by atoms with Gasteiger partial charge in [-0.05, 0) is 36.6 Å². The number of hydrogen-bond donors (Lipinski definition) is 1. The number of nitrogens with zero attached hydrogens (tertiary/aromatic N) is 1. The molecule has 0 aromatic heterocycles. The minimum absolute atomic E-state index is 0.188. The normalized spacial score (nSPS) is 19.0. The van der Waals surface area contributed by atoms with Crippen molar-refractivity contribution in [3.05, 3.63) is 39.9 Å². The van der Waals surface area contributed by atoms with Crippen LogP contribution in [-0.2, 0) is 9.59 Å². The maximum atomic E-state index is 12.1. The lowest BCUT2D eigenvalue weighted by atomic mass is 9.98. The fourth-order valence-electron chi connectivity index (χ4n) is 2.27. The average Bonchev–Trinajstić information content (AvgIpc) is 2.48. The van der Waals surface area contributed by atoms with Crippen molar-refractivity contribution in [3.8, 4) is 0 Å². The van der Waals surface area contributed by atoms with Gasteiger partial charge in [-0.1, -0.05) is 29.3 Å². The fourth-order valence-corrected chi connectivity index (χ4v) is 2.57. The molecule has 1 fully saturated rings. The van der Waals surface area contributed by atoms with Crippen LogP contribution in [0.5, 0.6) is 0 Å². The van der Waals surface area contributed by atoms with Crippen LogP contribution < -0.4 is 0 Å². The van der Waals surface area contributed by atoms with Gasteiger partial charge in [0.05, 0.1) is 16.0 Å². The summed E-state index contributed by atoms with van der Waals surface area (Å²) in [5.41, 5.74) is 0.768. The molecular weight excluding hydrogens is 313 g/mol. The van der Waals surface area contributed by atoms with Gasteiger partial charge >= 0.3 is 5.97 Å². The number of rotatable bonds is 3. The third-order valence-corrected chi connectivity index (χ3v) is 4.18. The molecule has 1 aliphatic rings. The third kappa shape index (κ3) is 4.22. The lowest BCUT2D eigenvalue weighted by Gasteiger charge is -2.29. The smallest absolute Gasteiger partial charge is 0.308 e. The highest BCUT2D eigenvalue weighted by atomic mass is 35.5. The first kappa shape index (κ1) is 15.9. The van der Waals surface area contributed by atoms with Gasteiger partial charge in [0, 0.05) is 19.2 Å². The Hall–Kier alpha value is -1.52. The molecule has 1 atom stereocenters. The average molecular weight is 328 g/mol. The third-order valence-electron chi connectivity index (χ3n) is 3.44. The summed E-state index contributed by atoms with van der Waals surface area (Å²) in [5, 5.41) is 9.90. The van der Waals surface area contributed by atoms with E-state index < -0.39 is 11.9 Å². The van der Waals surface area contributed by atoms with E-state index >= 15 is 0 Å². The van der Waals surface area contributed by atoms with Crippen LogP contribution in [-0.4, -0.2) is 35.0 Å². The molecule has 1 amide bonds. The molecule has 2 rings (SSSR count). The number of carbonyl (C=O) groups excluding carboxylic acids is 1. The molecule has 1 heterocycles. The van der Waals surface area contributed by atoms with Crippen molar-refractivity contribution < 1.29 is 14.7 Å². The Morgan fingerprint density at radius 2 is 2.05 bits per heavy atom. The number of carboxylic acids is 1. The molecule has 1 N–H and O–H groups in total. The van der Waals surface area contributed by atoms with Crippen molar-refractivity contribution in [3.63, 3.8) is 0 Å². The number of amides is 1. The highest BCUT2D eigenvalue weighted by molar-refractivity contribution is 6.42.